The van der Waals surface area contributed by atoms with Crippen LogP contribution in [0.1, 0.15) is 19.3 Å². The van der Waals surface area contributed by atoms with Crippen LogP contribution in [0.3, 0.4) is 0 Å². The minimum Gasteiger partial charge on any atom is -0.381 e. The van der Waals surface area contributed by atoms with E-state index in [2.05, 4.69) is 10.2 Å². The summed E-state index contributed by atoms with van der Waals surface area (Å²) in [5.41, 5.74) is 0. The van der Waals surface area contributed by atoms with Gasteiger partial charge in [0.05, 0.1) is 19.8 Å². The van der Waals surface area contributed by atoms with Gasteiger partial charge in [0.15, 0.2) is 0 Å². The summed E-state index contributed by atoms with van der Waals surface area (Å²) in [6.45, 7) is 7.72. The SMILES string of the molecule is O=C(NCCN1CCOCC1)N(CC1CCOC1)C1CC1. The van der Waals surface area contributed by atoms with Crippen molar-refractivity contribution in [2.45, 2.75) is 25.3 Å². The van der Waals surface area contributed by atoms with E-state index in [1.54, 1.807) is 0 Å². The van der Waals surface area contributed by atoms with Crippen LogP contribution in [0.2, 0.25) is 0 Å². The largest absolute Gasteiger partial charge is 0.381 e. The first kappa shape index (κ1) is 15.1. The third-order valence-electron chi connectivity index (χ3n) is 4.54. The highest BCUT2D eigenvalue weighted by molar-refractivity contribution is 5.74. The lowest BCUT2D eigenvalue weighted by atomic mass is 10.1. The highest BCUT2D eigenvalue weighted by Crippen LogP contribution is 2.28. The number of amides is 2. The number of nitrogens with one attached hydrogen (secondary N) is 1. The second-order valence-corrected chi connectivity index (χ2v) is 6.30. The van der Waals surface area contributed by atoms with Crippen LogP contribution in [0, 0.1) is 5.92 Å². The minimum atomic E-state index is 0.109. The van der Waals surface area contributed by atoms with Crippen LogP contribution in [0.4, 0.5) is 4.79 Å². The first-order valence-electron chi connectivity index (χ1n) is 8.25. The number of carbonyl (C=O) groups is 1. The summed E-state index contributed by atoms with van der Waals surface area (Å²) < 4.78 is 10.8. The predicted octanol–water partition coefficient (Wildman–Crippen LogP) is 0.529. The van der Waals surface area contributed by atoms with Crippen molar-refractivity contribution >= 4 is 6.03 Å². The molecule has 1 saturated carbocycles. The number of ether oxygens (including phenoxy) is 2. The zero-order chi connectivity index (χ0) is 14.5. The number of morpholine rings is 1. The van der Waals surface area contributed by atoms with E-state index in [1.807, 2.05) is 4.90 Å². The summed E-state index contributed by atoms with van der Waals surface area (Å²) in [5, 5.41) is 3.09. The maximum absolute atomic E-state index is 12.4. The Morgan fingerprint density at radius 2 is 1.95 bits per heavy atom. The van der Waals surface area contributed by atoms with Crippen LogP contribution in [-0.4, -0.2) is 81.0 Å². The quantitative estimate of drug-likeness (QED) is 0.777. The summed E-state index contributed by atoms with van der Waals surface area (Å²) in [5.74, 6) is 0.524. The Balaban J connectivity index is 1.39. The Bertz CT molecular complexity index is 337. The van der Waals surface area contributed by atoms with Crippen molar-refractivity contribution in [2.24, 2.45) is 5.92 Å². The summed E-state index contributed by atoms with van der Waals surface area (Å²) >= 11 is 0. The van der Waals surface area contributed by atoms with Crippen LogP contribution in [0.25, 0.3) is 0 Å². The molecule has 0 spiro atoms. The van der Waals surface area contributed by atoms with E-state index >= 15 is 0 Å². The van der Waals surface area contributed by atoms with E-state index in [9.17, 15) is 4.79 Å². The first-order chi connectivity index (χ1) is 10.3. The number of hydrogen-bond donors (Lipinski definition) is 1. The molecule has 3 fully saturated rings. The molecule has 6 nitrogen and oxygen atoms in total. The number of nitrogens with zero attached hydrogens (tertiary/aromatic N) is 2. The van der Waals surface area contributed by atoms with Crippen molar-refractivity contribution in [1.82, 2.24) is 15.1 Å². The Hall–Kier alpha value is -0.850. The normalized spacial score (nSPS) is 26.8. The van der Waals surface area contributed by atoms with E-state index in [0.717, 1.165) is 78.4 Å². The topological polar surface area (TPSA) is 54.0 Å². The predicted molar refractivity (Wildman–Crippen MR) is 79.3 cm³/mol. The van der Waals surface area contributed by atoms with Gasteiger partial charge in [-0.05, 0) is 19.3 Å². The molecule has 0 aromatic carbocycles. The van der Waals surface area contributed by atoms with Crippen molar-refractivity contribution in [3.05, 3.63) is 0 Å². The zero-order valence-electron chi connectivity index (χ0n) is 12.8. The second kappa shape index (κ2) is 7.42. The van der Waals surface area contributed by atoms with Gasteiger partial charge in [-0.1, -0.05) is 0 Å². The van der Waals surface area contributed by atoms with Gasteiger partial charge in [0, 0.05) is 51.3 Å². The fourth-order valence-electron chi connectivity index (χ4n) is 3.04. The zero-order valence-corrected chi connectivity index (χ0v) is 12.8. The van der Waals surface area contributed by atoms with Crippen molar-refractivity contribution in [1.29, 1.82) is 0 Å². The molecule has 0 aromatic rings. The monoisotopic (exact) mass is 297 g/mol. The lowest BCUT2D eigenvalue weighted by Crippen LogP contribution is -2.47. The van der Waals surface area contributed by atoms with Gasteiger partial charge in [0.1, 0.15) is 0 Å². The summed E-state index contributed by atoms with van der Waals surface area (Å²) in [4.78, 5) is 16.8. The standard InChI is InChI=1S/C15H27N3O3/c19-15(16-4-5-17-6-9-20-10-7-17)18(14-1-2-14)11-13-3-8-21-12-13/h13-14H,1-12H2,(H,16,19). The molecule has 6 heteroatoms. The maximum atomic E-state index is 12.4. The molecule has 2 amide bonds. The van der Waals surface area contributed by atoms with E-state index in [4.69, 9.17) is 9.47 Å². The molecule has 120 valence electrons. The molecule has 0 aromatic heterocycles. The third-order valence-corrected chi connectivity index (χ3v) is 4.54. The summed E-state index contributed by atoms with van der Waals surface area (Å²) in [6.07, 6.45) is 3.40. The molecule has 21 heavy (non-hydrogen) atoms. The van der Waals surface area contributed by atoms with E-state index in [1.165, 1.54) is 0 Å². The van der Waals surface area contributed by atoms with Gasteiger partial charge < -0.3 is 19.7 Å². The second-order valence-electron chi connectivity index (χ2n) is 6.30. The number of carbonyl (C=O) groups excluding carboxylic acids is 1. The fraction of sp³-hybridized carbons (Fsp3) is 0.933. The van der Waals surface area contributed by atoms with Crippen LogP contribution in [0.5, 0.6) is 0 Å². The van der Waals surface area contributed by atoms with Gasteiger partial charge in [-0.25, -0.2) is 4.79 Å². The van der Waals surface area contributed by atoms with Gasteiger partial charge >= 0.3 is 6.03 Å². The molecule has 0 bridgehead atoms. The van der Waals surface area contributed by atoms with Crippen LogP contribution < -0.4 is 5.32 Å². The van der Waals surface area contributed by atoms with E-state index < -0.39 is 0 Å². The Morgan fingerprint density at radius 1 is 1.14 bits per heavy atom. The number of rotatable bonds is 6. The molecule has 2 aliphatic heterocycles. The van der Waals surface area contributed by atoms with Crippen molar-refractivity contribution < 1.29 is 14.3 Å². The first-order valence-corrected chi connectivity index (χ1v) is 8.25. The highest BCUT2D eigenvalue weighted by Gasteiger charge is 2.34. The molecule has 3 rings (SSSR count). The molecule has 2 saturated heterocycles. The Labute approximate surface area is 126 Å². The van der Waals surface area contributed by atoms with Crippen LogP contribution >= 0.6 is 0 Å². The summed E-state index contributed by atoms with van der Waals surface area (Å²) in [7, 11) is 0. The average Bonchev–Trinajstić information content (AvgIpc) is 3.22. The van der Waals surface area contributed by atoms with Crippen molar-refractivity contribution in [3.8, 4) is 0 Å². The van der Waals surface area contributed by atoms with Crippen molar-refractivity contribution in [3.63, 3.8) is 0 Å². The smallest absolute Gasteiger partial charge is 0.317 e. The molecule has 1 N–H and O–H groups in total. The van der Waals surface area contributed by atoms with Gasteiger partial charge in [-0.2, -0.15) is 0 Å². The van der Waals surface area contributed by atoms with Gasteiger partial charge in [-0.15, -0.1) is 0 Å². The van der Waals surface area contributed by atoms with E-state index in [0.29, 0.717) is 12.0 Å². The molecule has 1 aliphatic carbocycles. The van der Waals surface area contributed by atoms with Crippen molar-refractivity contribution in [2.75, 3.05) is 59.2 Å². The Morgan fingerprint density at radius 3 is 2.62 bits per heavy atom. The van der Waals surface area contributed by atoms with Gasteiger partial charge in [-0.3, -0.25) is 4.90 Å². The van der Waals surface area contributed by atoms with Gasteiger partial charge in [0.25, 0.3) is 0 Å². The van der Waals surface area contributed by atoms with Gasteiger partial charge in [0.2, 0.25) is 0 Å². The Kier molecular flexibility index (Phi) is 5.32. The number of hydrogen-bond acceptors (Lipinski definition) is 4. The molecule has 3 aliphatic rings. The molecular formula is C15H27N3O3. The lowest BCUT2D eigenvalue weighted by molar-refractivity contribution is 0.0385. The maximum Gasteiger partial charge on any atom is 0.317 e. The molecule has 0 radical (unpaired) electrons. The third kappa shape index (κ3) is 4.56. The minimum absolute atomic E-state index is 0.109. The number of urea groups is 1. The van der Waals surface area contributed by atoms with Crippen LogP contribution in [-0.2, 0) is 9.47 Å². The molecule has 1 unspecified atom stereocenters. The summed E-state index contributed by atoms with van der Waals surface area (Å²) in [6, 6.07) is 0.576. The average molecular weight is 297 g/mol. The molecular weight excluding hydrogens is 270 g/mol. The fourth-order valence-corrected chi connectivity index (χ4v) is 3.04. The lowest BCUT2D eigenvalue weighted by Gasteiger charge is -2.28. The highest BCUT2D eigenvalue weighted by atomic mass is 16.5. The molecule has 2 heterocycles. The molecule has 1 atom stereocenters. The van der Waals surface area contributed by atoms with Crippen LogP contribution in [0.15, 0.2) is 0 Å². The van der Waals surface area contributed by atoms with E-state index in [-0.39, 0.29) is 6.03 Å².